The molecule has 6 nitrogen and oxygen atoms in total. The zero-order chi connectivity index (χ0) is 20.7. The van der Waals surface area contributed by atoms with Gasteiger partial charge in [-0.1, -0.05) is 36.4 Å². The molecule has 1 aliphatic heterocycles. The fraction of sp³-hybridized carbons (Fsp3) is 0.125. The average Bonchev–Trinajstić information content (AvgIpc) is 3.11. The van der Waals surface area contributed by atoms with Crippen LogP contribution in [0.15, 0.2) is 72.9 Å². The quantitative estimate of drug-likeness (QED) is 0.553. The van der Waals surface area contributed by atoms with Crippen LogP contribution in [0.3, 0.4) is 0 Å². The van der Waals surface area contributed by atoms with Gasteiger partial charge in [0, 0.05) is 23.0 Å². The van der Waals surface area contributed by atoms with E-state index >= 15 is 0 Å². The Morgan fingerprint density at radius 1 is 0.967 bits per heavy atom. The van der Waals surface area contributed by atoms with E-state index in [0.717, 1.165) is 34.0 Å². The van der Waals surface area contributed by atoms with E-state index in [1.807, 2.05) is 68.4 Å². The number of carbonyl (C=O) groups is 1. The van der Waals surface area contributed by atoms with E-state index in [9.17, 15) is 4.79 Å². The molecule has 5 rings (SSSR count). The molecule has 30 heavy (non-hydrogen) atoms. The molecule has 0 saturated heterocycles. The van der Waals surface area contributed by atoms with Crippen LogP contribution in [-0.2, 0) is 0 Å². The number of aromatic nitrogens is 3. The van der Waals surface area contributed by atoms with Crippen molar-refractivity contribution in [1.82, 2.24) is 20.1 Å². The van der Waals surface area contributed by atoms with Crippen molar-refractivity contribution in [3.63, 3.8) is 0 Å². The van der Waals surface area contributed by atoms with Crippen molar-refractivity contribution in [2.75, 3.05) is 0 Å². The average molecular weight is 396 g/mol. The molecule has 0 unspecified atom stereocenters. The van der Waals surface area contributed by atoms with Crippen LogP contribution in [0.25, 0.3) is 5.82 Å². The minimum absolute atomic E-state index is 0.195. The van der Waals surface area contributed by atoms with E-state index in [1.165, 1.54) is 0 Å². The molecule has 1 amide bonds. The third-order valence-electron chi connectivity index (χ3n) is 5.19. The molecule has 0 bridgehead atoms. The Morgan fingerprint density at radius 2 is 1.63 bits per heavy atom. The number of amides is 1. The summed E-state index contributed by atoms with van der Waals surface area (Å²) < 4.78 is 7.77. The van der Waals surface area contributed by atoms with E-state index in [0.29, 0.717) is 11.4 Å². The number of pyridine rings is 1. The zero-order valence-electron chi connectivity index (χ0n) is 16.7. The summed E-state index contributed by atoms with van der Waals surface area (Å²) in [6.07, 6.45) is 1.58. The molecule has 0 aliphatic carbocycles. The molecule has 2 aromatic heterocycles. The van der Waals surface area contributed by atoms with Gasteiger partial charge in [-0.3, -0.25) is 4.79 Å². The van der Waals surface area contributed by atoms with Gasteiger partial charge in [-0.25, -0.2) is 9.67 Å². The number of fused-ring (bicyclic) bond motifs is 2. The van der Waals surface area contributed by atoms with Crippen LogP contribution in [0.4, 0.5) is 0 Å². The highest BCUT2D eigenvalue weighted by Gasteiger charge is 2.28. The van der Waals surface area contributed by atoms with Crippen LogP contribution in [0.5, 0.6) is 11.5 Å². The van der Waals surface area contributed by atoms with E-state index in [1.54, 1.807) is 23.0 Å². The van der Waals surface area contributed by atoms with E-state index < -0.39 is 0 Å². The predicted octanol–water partition coefficient (Wildman–Crippen LogP) is 4.51. The first kappa shape index (κ1) is 18.1. The van der Waals surface area contributed by atoms with Gasteiger partial charge in [-0.15, -0.1) is 0 Å². The normalized spacial score (nSPS) is 12.6. The summed E-state index contributed by atoms with van der Waals surface area (Å²) in [5, 5.41) is 7.58. The zero-order valence-corrected chi connectivity index (χ0v) is 16.7. The van der Waals surface area contributed by atoms with Crippen molar-refractivity contribution in [2.45, 2.75) is 19.9 Å². The molecule has 0 atom stereocenters. The second-order valence-electron chi connectivity index (χ2n) is 7.33. The van der Waals surface area contributed by atoms with Crippen LogP contribution in [0.1, 0.15) is 38.9 Å². The number of hydrogen-bond acceptors (Lipinski definition) is 4. The molecule has 0 fully saturated rings. The molecule has 2 aromatic carbocycles. The highest BCUT2D eigenvalue weighted by molar-refractivity contribution is 5.94. The number of para-hydroxylation sites is 2. The molecule has 1 aliphatic rings. The smallest absolute Gasteiger partial charge is 0.253 e. The Hall–Kier alpha value is -3.93. The minimum Gasteiger partial charge on any atom is -0.457 e. The lowest BCUT2D eigenvalue weighted by Gasteiger charge is -2.28. The number of benzene rings is 2. The fourth-order valence-electron chi connectivity index (χ4n) is 3.79. The maximum Gasteiger partial charge on any atom is 0.253 e. The first-order valence-electron chi connectivity index (χ1n) is 9.76. The van der Waals surface area contributed by atoms with Crippen LogP contribution in [0, 0.1) is 13.8 Å². The summed E-state index contributed by atoms with van der Waals surface area (Å²) in [5.41, 5.74) is 4.26. The molecular weight excluding hydrogens is 376 g/mol. The number of ether oxygens (including phenoxy) is 1. The largest absolute Gasteiger partial charge is 0.457 e. The van der Waals surface area contributed by atoms with Gasteiger partial charge >= 0.3 is 0 Å². The number of nitrogens with zero attached hydrogens (tertiary/aromatic N) is 3. The Morgan fingerprint density at radius 3 is 2.20 bits per heavy atom. The molecule has 0 radical (unpaired) electrons. The van der Waals surface area contributed by atoms with Crippen LogP contribution in [-0.4, -0.2) is 20.7 Å². The summed E-state index contributed by atoms with van der Waals surface area (Å²) in [4.78, 5) is 17.5. The lowest BCUT2D eigenvalue weighted by Crippen LogP contribution is -2.31. The maximum absolute atomic E-state index is 13.0. The first-order valence-corrected chi connectivity index (χ1v) is 9.76. The van der Waals surface area contributed by atoms with Gasteiger partial charge in [-0.2, -0.15) is 5.10 Å². The van der Waals surface area contributed by atoms with E-state index in [2.05, 4.69) is 15.4 Å². The summed E-state index contributed by atoms with van der Waals surface area (Å²) in [5.74, 6) is 1.98. The Bertz CT molecular complexity index is 1200. The molecule has 3 heterocycles. The van der Waals surface area contributed by atoms with Gasteiger partial charge < -0.3 is 10.1 Å². The van der Waals surface area contributed by atoms with Gasteiger partial charge in [0.1, 0.15) is 11.5 Å². The van der Waals surface area contributed by atoms with Gasteiger partial charge in [0.2, 0.25) is 0 Å². The number of carbonyl (C=O) groups excluding carboxylic acids is 1. The van der Waals surface area contributed by atoms with Gasteiger partial charge in [0.15, 0.2) is 5.82 Å². The molecule has 6 heteroatoms. The summed E-state index contributed by atoms with van der Waals surface area (Å²) >= 11 is 0. The lowest BCUT2D eigenvalue weighted by atomic mass is 9.94. The van der Waals surface area contributed by atoms with Crippen molar-refractivity contribution < 1.29 is 9.53 Å². The van der Waals surface area contributed by atoms with E-state index in [4.69, 9.17) is 4.74 Å². The van der Waals surface area contributed by atoms with Crippen molar-refractivity contribution in [3.8, 4) is 17.3 Å². The molecule has 1 N–H and O–H groups in total. The SMILES string of the molecule is Cc1cc(C)n(-c2ccc(C(=O)NC3c4ccccc4Oc4ccccc43)cn2)n1. The van der Waals surface area contributed by atoms with Crippen LogP contribution in [0.2, 0.25) is 0 Å². The number of rotatable bonds is 3. The topological polar surface area (TPSA) is 69.0 Å². The molecular formula is C24H20N4O2. The Labute approximate surface area is 174 Å². The van der Waals surface area contributed by atoms with Crippen molar-refractivity contribution in [3.05, 3.63) is 101 Å². The molecule has 4 aromatic rings. The van der Waals surface area contributed by atoms with Crippen LogP contribution < -0.4 is 10.1 Å². The van der Waals surface area contributed by atoms with Crippen molar-refractivity contribution in [1.29, 1.82) is 0 Å². The summed E-state index contributed by atoms with van der Waals surface area (Å²) in [6.45, 7) is 3.91. The predicted molar refractivity (Wildman–Crippen MR) is 113 cm³/mol. The lowest BCUT2D eigenvalue weighted by molar-refractivity contribution is 0.0941. The number of hydrogen-bond donors (Lipinski definition) is 1. The first-order chi connectivity index (χ1) is 14.6. The van der Waals surface area contributed by atoms with Gasteiger partial charge in [0.25, 0.3) is 5.91 Å². The maximum atomic E-state index is 13.0. The second-order valence-corrected chi connectivity index (χ2v) is 7.33. The second kappa shape index (κ2) is 7.15. The molecule has 0 saturated carbocycles. The molecule has 148 valence electrons. The highest BCUT2D eigenvalue weighted by Crippen LogP contribution is 2.42. The Balaban J connectivity index is 1.44. The minimum atomic E-state index is -0.297. The summed E-state index contributed by atoms with van der Waals surface area (Å²) in [7, 11) is 0. The monoisotopic (exact) mass is 396 g/mol. The number of aryl methyl sites for hydroxylation is 2. The fourth-order valence-corrected chi connectivity index (χ4v) is 3.79. The van der Waals surface area contributed by atoms with Crippen LogP contribution >= 0.6 is 0 Å². The molecule has 0 spiro atoms. The third kappa shape index (κ3) is 3.12. The highest BCUT2D eigenvalue weighted by atomic mass is 16.5. The van der Waals surface area contributed by atoms with Gasteiger partial charge in [0.05, 0.1) is 17.3 Å². The summed E-state index contributed by atoms with van der Waals surface area (Å²) in [6, 6.07) is 20.8. The Kier molecular flexibility index (Phi) is 4.32. The number of nitrogens with one attached hydrogen (secondary N) is 1. The van der Waals surface area contributed by atoms with E-state index in [-0.39, 0.29) is 11.9 Å². The van der Waals surface area contributed by atoms with Crippen molar-refractivity contribution in [2.24, 2.45) is 0 Å². The standard InChI is InChI=1S/C24H20N4O2/c1-15-13-16(2)28(27-15)22-12-11-17(14-25-22)24(29)26-23-18-7-3-5-9-20(18)30-21-10-6-4-8-19(21)23/h3-14,23H,1-2H3,(H,26,29). The van der Waals surface area contributed by atoms with Crippen molar-refractivity contribution >= 4 is 5.91 Å². The third-order valence-corrected chi connectivity index (χ3v) is 5.19. The van der Waals surface area contributed by atoms with Gasteiger partial charge in [-0.05, 0) is 44.2 Å².